The minimum absolute atomic E-state index is 0.249. The van der Waals surface area contributed by atoms with E-state index < -0.39 is 18.0 Å². The molecule has 2 atom stereocenters. The summed E-state index contributed by atoms with van der Waals surface area (Å²) in [4.78, 5) is 34.1. The number of carboxylic acid groups (broad SMARTS) is 1. The van der Waals surface area contributed by atoms with E-state index in [1.807, 2.05) is 67.6 Å². The van der Waals surface area contributed by atoms with Crippen molar-refractivity contribution in [2.75, 3.05) is 6.54 Å². The SMILES string of the molecule is Cc1ccccc1-c1cc2c(s1)[C@@H](C(=O)O)N1C[C@@H]2N(OCc2ccccc2)C1=O. The summed E-state index contributed by atoms with van der Waals surface area (Å²) in [6.07, 6.45) is 0. The maximum Gasteiger partial charge on any atom is 0.345 e. The molecule has 30 heavy (non-hydrogen) atoms. The van der Waals surface area contributed by atoms with Gasteiger partial charge in [0.05, 0.1) is 6.54 Å². The minimum Gasteiger partial charge on any atom is -0.479 e. The topological polar surface area (TPSA) is 70.1 Å². The van der Waals surface area contributed by atoms with E-state index in [0.29, 0.717) is 11.4 Å². The van der Waals surface area contributed by atoms with Crippen molar-refractivity contribution in [3.63, 3.8) is 0 Å². The first-order valence-corrected chi connectivity index (χ1v) is 10.6. The molecule has 6 nitrogen and oxygen atoms in total. The monoisotopic (exact) mass is 420 g/mol. The van der Waals surface area contributed by atoms with Crippen LogP contribution in [0.3, 0.4) is 0 Å². The number of rotatable bonds is 5. The molecular formula is C23H20N2O4S. The Balaban J connectivity index is 1.52. The van der Waals surface area contributed by atoms with Crippen LogP contribution in [-0.4, -0.2) is 33.6 Å². The number of aryl methyl sites for hydroxylation is 1. The Labute approximate surface area is 177 Å². The summed E-state index contributed by atoms with van der Waals surface area (Å²) in [5, 5.41) is 11.3. The number of hydrogen-bond acceptors (Lipinski definition) is 4. The molecule has 2 aromatic carbocycles. The van der Waals surface area contributed by atoms with Gasteiger partial charge in [-0.25, -0.2) is 9.59 Å². The van der Waals surface area contributed by atoms with E-state index in [1.54, 1.807) is 0 Å². The molecular weight excluding hydrogens is 400 g/mol. The molecule has 7 heteroatoms. The normalized spacial score (nSPS) is 19.8. The van der Waals surface area contributed by atoms with Gasteiger partial charge < -0.3 is 10.0 Å². The minimum atomic E-state index is -1.02. The Kier molecular flexibility index (Phi) is 4.56. The molecule has 3 aromatic rings. The number of benzene rings is 2. The zero-order valence-corrected chi connectivity index (χ0v) is 17.1. The molecule has 1 saturated heterocycles. The number of hydrogen-bond donors (Lipinski definition) is 1. The molecule has 2 aliphatic rings. The third-order valence-electron chi connectivity index (χ3n) is 5.65. The largest absolute Gasteiger partial charge is 0.479 e. The first-order chi connectivity index (χ1) is 14.5. The molecule has 1 aromatic heterocycles. The van der Waals surface area contributed by atoms with E-state index in [-0.39, 0.29) is 12.6 Å². The van der Waals surface area contributed by atoms with Crippen LogP contribution in [0.25, 0.3) is 10.4 Å². The molecule has 3 heterocycles. The smallest absolute Gasteiger partial charge is 0.345 e. The van der Waals surface area contributed by atoms with E-state index in [2.05, 4.69) is 0 Å². The number of fused-ring (bicyclic) bond motifs is 4. The third kappa shape index (κ3) is 2.98. The van der Waals surface area contributed by atoms with E-state index in [4.69, 9.17) is 4.84 Å². The fourth-order valence-corrected chi connectivity index (χ4v) is 5.58. The number of amides is 2. The van der Waals surface area contributed by atoms with Crippen LogP contribution >= 0.6 is 11.3 Å². The van der Waals surface area contributed by atoms with Gasteiger partial charge in [0.25, 0.3) is 0 Å². The Hall–Kier alpha value is -3.16. The molecule has 1 fully saturated rings. The molecule has 2 bridgehead atoms. The molecule has 152 valence electrons. The van der Waals surface area contributed by atoms with Gasteiger partial charge in [-0.3, -0.25) is 4.84 Å². The molecule has 1 N–H and O–H groups in total. The van der Waals surface area contributed by atoms with Crippen molar-refractivity contribution in [3.8, 4) is 10.4 Å². The zero-order chi connectivity index (χ0) is 20.8. The van der Waals surface area contributed by atoms with Crippen molar-refractivity contribution in [1.29, 1.82) is 0 Å². The maximum atomic E-state index is 13.0. The number of thiophene rings is 1. The second kappa shape index (κ2) is 7.27. The van der Waals surface area contributed by atoms with Crippen LogP contribution in [0.15, 0.2) is 60.7 Å². The van der Waals surface area contributed by atoms with E-state index in [1.165, 1.54) is 21.3 Å². The van der Waals surface area contributed by atoms with Crippen molar-refractivity contribution in [2.24, 2.45) is 0 Å². The third-order valence-corrected chi connectivity index (χ3v) is 6.89. The van der Waals surface area contributed by atoms with Crippen molar-refractivity contribution in [1.82, 2.24) is 9.96 Å². The molecule has 5 rings (SSSR count). The second-order valence-corrected chi connectivity index (χ2v) is 8.61. The van der Waals surface area contributed by atoms with Crippen LogP contribution < -0.4 is 0 Å². The lowest BCUT2D eigenvalue weighted by molar-refractivity contribution is -0.143. The zero-order valence-electron chi connectivity index (χ0n) is 16.3. The van der Waals surface area contributed by atoms with Crippen molar-refractivity contribution < 1.29 is 19.5 Å². The van der Waals surface area contributed by atoms with Crippen LogP contribution in [0.2, 0.25) is 0 Å². The van der Waals surface area contributed by atoms with E-state index in [0.717, 1.165) is 27.1 Å². The average molecular weight is 420 g/mol. The van der Waals surface area contributed by atoms with Gasteiger partial charge in [0, 0.05) is 9.75 Å². The lowest BCUT2D eigenvalue weighted by atomic mass is 9.98. The molecule has 2 amide bonds. The molecule has 0 aliphatic carbocycles. The maximum absolute atomic E-state index is 13.0. The highest BCUT2D eigenvalue weighted by molar-refractivity contribution is 7.16. The lowest BCUT2D eigenvalue weighted by Crippen LogP contribution is -2.37. The van der Waals surface area contributed by atoms with Gasteiger partial charge in [0.1, 0.15) is 12.6 Å². The summed E-state index contributed by atoms with van der Waals surface area (Å²) in [6.45, 7) is 2.59. The first kappa shape index (κ1) is 18.8. The number of aliphatic carboxylic acids is 1. The Bertz CT molecular complexity index is 1130. The van der Waals surface area contributed by atoms with E-state index in [9.17, 15) is 14.7 Å². The summed E-state index contributed by atoms with van der Waals surface area (Å²) >= 11 is 1.45. The number of nitrogens with zero attached hydrogens (tertiary/aromatic N) is 2. The fraction of sp³-hybridized carbons (Fsp3) is 0.217. The van der Waals surface area contributed by atoms with Crippen molar-refractivity contribution in [3.05, 3.63) is 82.2 Å². The summed E-state index contributed by atoms with van der Waals surface area (Å²) in [6, 6.07) is 18.0. The molecule has 0 radical (unpaired) electrons. The summed E-state index contributed by atoms with van der Waals surface area (Å²) in [5.74, 6) is -1.02. The Morgan fingerprint density at radius 2 is 1.90 bits per heavy atom. The van der Waals surface area contributed by atoms with Crippen LogP contribution in [0.1, 0.15) is 33.7 Å². The number of carboxylic acids is 1. The fourth-order valence-electron chi connectivity index (χ4n) is 4.16. The van der Waals surface area contributed by atoms with Gasteiger partial charge in [-0.2, -0.15) is 5.06 Å². The van der Waals surface area contributed by atoms with Crippen LogP contribution in [-0.2, 0) is 16.2 Å². The Morgan fingerprint density at radius 1 is 1.17 bits per heavy atom. The van der Waals surface area contributed by atoms with Gasteiger partial charge in [0.15, 0.2) is 6.04 Å². The highest BCUT2D eigenvalue weighted by Gasteiger charge is 2.52. The predicted octanol–water partition coefficient (Wildman–Crippen LogP) is 4.77. The van der Waals surface area contributed by atoms with Crippen LogP contribution in [0.5, 0.6) is 0 Å². The molecule has 0 saturated carbocycles. The van der Waals surface area contributed by atoms with Crippen LogP contribution in [0, 0.1) is 6.92 Å². The average Bonchev–Trinajstić information content (AvgIpc) is 3.29. The summed E-state index contributed by atoms with van der Waals surface area (Å²) < 4.78 is 0. The van der Waals surface area contributed by atoms with E-state index >= 15 is 0 Å². The number of urea groups is 1. The number of hydroxylamine groups is 2. The first-order valence-electron chi connectivity index (χ1n) is 9.73. The standard InChI is InChI=1S/C23H20N2O4S/c1-14-7-5-6-10-16(14)19-11-17-18-12-24(20(22(26)27)21(17)30-19)23(28)25(18)29-13-15-8-3-2-4-9-15/h2-11,18,20H,12-13H2,1H3,(H,26,27)/t18-,20-/m0/s1. The van der Waals surface area contributed by atoms with Crippen molar-refractivity contribution >= 4 is 23.3 Å². The van der Waals surface area contributed by atoms with Gasteiger partial charge in [-0.1, -0.05) is 54.6 Å². The predicted molar refractivity (Wildman–Crippen MR) is 113 cm³/mol. The highest BCUT2D eigenvalue weighted by Crippen LogP contribution is 2.49. The van der Waals surface area contributed by atoms with Gasteiger partial charge in [-0.15, -0.1) is 11.3 Å². The summed E-state index contributed by atoms with van der Waals surface area (Å²) in [5.41, 5.74) is 4.01. The molecule has 2 aliphatic heterocycles. The second-order valence-electron chi connectivity index (χ2n) is 7.52. The van der Waals surface area contributed by atoms with Gasteiger partial charge in [0.2, 0.25) is 0 Å². The van der Waals surface area contributed by atoms with Crippen molar-refractivity contribution in [2.45, 2.75) is 25.6 Å². The molecule has 0 spiro atoms. The number of carbonyl (C=O) groups excluding carboxylic acids is 1. The molecule has 0 unspecified atom stereocenters. The lowest BCUT2D eigenvalue weighted by Gasteiger charge is -2.27. The van der Waals surface area contributed by atoms with Gasteiger partial charge in [-0.05, 0) is 35.2 Å². The highest BCUT2D eigenvalue weighted by atomic mass is 32.1. The summed E-state index contributed by atoms with van der Waals surface area (Å²) in [7, 11) is 0. The number of carbonyl (C=O) groups is 2. The van der Waals surface area contributed by atoms with Gasteiger partial charge >= 0.3 is 12.0 Å². The quantitative estimate of drug-likeness (QED) is 0.645. The van der Waals surface area contributed by atoms with Crippen LogP contribution in [0.4, 0.5) is 4.79 Å². The Morgan fingerprint density at radius 3 is 2.63 bits per heavy atom.